The number of nitrogens with two attached hydrogens (primary N) is 1. The SMILES string of the molecule is NCC#Cc1ccc(C(=O)O)c(C(F)(F)F)c1. The summed E-state index contributed by atoms with van der Waals surface area (Å²) in [5.41, 5.74) is 3.16. The Balaban J connectivity index is 3.34. The Labute approximate surface area is 95.0 Å². The van der Waals surface area contributed by atoms with Crippen LogP contribution in [-0.4, -0.2) is 17.6 Å². The van der Waals surface area contributed by atoms with Crippen molar-refractivity contribution in [2.75, 3.05) is 6.54 Å². The molecule has 0 aromatic heterocycles. The van der Waals surface area contributed by atoms with Crippen molar-refractivity contribution in [3.8, 4) is 11.8 Å². The Morgan fingerprint density at radius 3 is 2.53 bits per heavy atom. The summed E-state index contributed by atoms with van der Waals surface area (Å²) in [6.07, 6.45) is -4.73. The van der Waals surface area contributed by atoms with E-state index in [4.69, 9.17) is 10.8 Å². The molecule has 0 aliphatic carbocycles. The fourth-order valence-corrected chi connectivity index (χ4v) is 1.20. The molecule has 1 rings (SSSR count). The maximum Gasteiger partial charge on any atom is 0.417 e. The lowest BCUT2D eigenvalue weighted by Crippen LogP contribution is -2.13. The van der Waals surface area contributed by atoms with Crippen molar-refractivity contribution in [2.24, 2.45) is 5.73 Å². The summed E-state index contributed by atoms with van der Waals surface area (Å²) in [6.45, 7) is 0.0159. The minimum atomic E-state index is -4.73. The van der Waals surface area contributed by atoms with E-state index in [9.17, 15) is 18.0 Å². The molecule has 0 bridgehead atoms. The van der Waals surface area contributed by atoms with E-state index < -0.39 is 23.3 Å². The lowest BCUT2D eigenvalue weighted by atomic mass is 10.0. The molecule has 1 aromatic rings. The van der Waals surface area contributed by atoms with Gasteiger partial charge in [-0.1, -0.05) is 11.8 Å². The third kappa shape index (κ3) is 3.23. The predicted octanol–water partition coefficient (Wildman–Crippen LogP) is 1.71. The Hall–Kier alpha value is -2.00. The van der Waals surface area contributed by atoms with Crippen molar-refractivity contribution in [3.05, 3.63) is 34.9 Å². The van der Waals surface area contributed by atoms with Gasteiger partial charge >= 0.3 is 12.1 Å². The summed E-state index contributed by atoms with van der Waals surface area (Å²) < 4.78 is 37.7. The van der Waals surface area contributed by atoms with Gasteiger partial charge in [0.25, 0.3) is 0 Å². The molecule has 0 saturated heterocycles. The molecule has 0 fully saturated rings. The van der Waals surface area contributed by atoms with Gasteiger partial charge in [-0.25, -0.2) is 4.79 Å². The molecule has 3 nitrogen and oxygen atoms in total. The zero-order valence-corrected chi connectivity index (χ0v) is 8.51. The predicted molar refractivity (Wildman–Crippen MR) is 54.3 cm³/mol. The van der Waals surface area contributed by atoms with Crippen LogP contribution in [0, 0.1) is 11.8 Å². The van der Waals surface area contributed by atoms with Gasteiger partial charge in [0, 0.05) is 5.56 Å². The number of alkyl halides is 3. The molecular formula is C11H8F3NO2. The molecular weight excluding hydrogens is 235 g/mol. The summed E-state index contributed by atoms with van der Waals surface area (Å²) in [4.78, 5) is 10.6. The zero-order chi connectivity index (χ0) is 13.1. The van der Waals surface area contributed by atoms with E-state index in [-0.39, 0.29) is 12.1 Å². The van der Waals surface area contributed by atoms with E-state index in [1.54, 1.807) is 0 Å². The highest BCUT2D eigenvalue weighted by Gasteiger charge is 2.35. The van der Waals surface area contributed by atoms with E-state index >= 15 is 0 Å². The highest BCUT2D eigenvalue weighted by atomic mass is 19.4. The van der Waals surface area contributed by atoms with Crippen LogP contribution < -0.4 is 5.73 Å². The van der Waals surface area contributed by atoms with Gasteiger partial charge in [-0.05, 0) is 18.2 Å². The smallest absolute Gasteiger partial charge is 0.417 e. The molecule has 0 radical (unpaired) electrons. The van der Waals surface area contributed by atoms with E-state index in [0.29, 0.717) is 6.07 Å². The standard InChI is InChI=1S/C11H8F3NO2/c12-11(13,14)9-6-7(2-1-5-15)3-4-8(9)10(16)17/h3-4,6H,5,15H2,(H,16,17). The molecule has 0 aliphatic heterocycles. The van der Waals surface area contributed by atoms with Gasteiger partial charge in [0.2, 0.25) is 0 Å². The number of carboxylic acid groups (broad SMARTS) is 1. The molecule has 0 amide bonds. The highest BCUT2D eigenvalue weighted by molar-refractivity contribution is 5.89. The molecule has 6 heteroatoms. The van der Waals surface area contributed by atoms with Crippen molar-refractivity contribution in [1.82, 2.24) is 0 Å². The normalized spacial score (nSPS) is 10.6. The zero-order valence-electron chi connectivity index (χ0n) is 8.51. The quantitative estimate of drug-likeness (QED) is 0.738. The van der Waals surface area contributed by atoms with E-state index in [2.05, 4.69) is 11.8 Å². The lowest BCUT2D eigenvalue weighted by molar-refractivity contribution is -0.138. The molecule has 0 heterocycles. The molecule has 0 aliphatic rings. The lowest BCUT2D eigenvalue weighted by Gasteiger charge is -2.10. The summed E-state index contributed by atoms with van der Waals surface area (Å²) in [6, 6.07) is 2.79. The fraction of sp³-hybridized carbons (Fsp3) is 0.182. The fourth-order valence-electron chi connectivity index (χ4n) is 1.20. The van der Waals surface area contributed by atoms with Gasteiger partial charge < -0.3 is 10.8 Å². The Kier molecular flexibility index (Phi) is 3.76. The van der Waals surface area contributed by atoms with E-state index in [1.807, 2.05) is 0 Å². The van der Waals surface area contributed by atoms with Crippen LogP contribution in [0.1, 0.15) is 21.5 Å². The minimum Gasteiger partial charge on any atom is -0.478 e. The minimum absolute atomic E-state index is 0.0159. The average molecular weight is 243 g/mol. The number of hydrogen-bond donors (Lipinski definition) is 2. The monoisotopic (exact) mass is 243 g/mol. The van der Waals surface area contributed by atoms with Gasteiger partial charge in [0.1, 0.15) is 0 Å². The molecule has 17 heavy (non-hydrogen) atoms. The van der Waals surface area contributed by atoms with E-state index in [1.165, 1.54) is 6.07 Å². The Bertz CT molecular complexity index is 498. The molecule has 0 atom stereocenters. The maximum absolute atomic E-state index is 12.6. The first kappa shape index (κ1) is 13.1. The average Bonchev–Trinajstić information content (AvgIpc) is 2.24. The molecule has 3 N–H and O–H groups in total. The topological polar surface area (TPSA) is 63.3 Å². The first-order valence-corrected chi connectivity index (χ1v) is 4.49. The summed E-state index contributed by atoms with van der Waals surface area (Å²) in [5.74, 6) is 3.18. The van der Waals surface area contributed by atoms with Crippen LogP contribution in [0.5, 0.6) is 0 Å². The van der Waals surface area contributed by atoms with Gasteiger partial charge in [-0.2, -0.15) is 13.2 Å². The van der Waals surface area contributed by atoms with Crippen LogP contribution in [-0.2, 0) is 6.18 Å². The van der Waals surface area contributed by atoms with Crippen LogP contribution in [0.3, 0.4) is 0 Å². The maximum atomic E-state index is 12.6. The number of rotatable bonds is 1. The number of carboxylic acids is 1. The number of halogens is 3. The Morgan fingerprint density at radius 2 is 2.06 bits per heavy atom. The third-order valence-corrected chi connectivity index (χ3v) is 1.89. The second-order valence-electron chi connectivity index (χ2n) is 3.07. The number of hydrogen-bond acceptors (Lipinski definition) is 2. The van der Waals surface area contributed by atoms with Gasteiger partial charge in [-0.15, -0.1) is 0 Å². The number of benzene rings is 1. The molecule has 1 aromatic carbocycles. The van der Waals surface area contributed by atoms with Crippen molar-refractivity contribution in [2.45, 2.75) is 6.18 Å². The van der Waals surface area contributed by atoms with Crippen LogP contribution in [0.25, 0.3) is 0 Å². The largest absolute Gasteiger partial charge is 0.478 e. The first-order chi connectivity index (χ1) is 7.86. The summed E-state index contributed by atoms with van der Waals surface area (Å²) in [7, 11) is 0. The van der Waals surface area contributed by atoms with Gasteiger partial charge in [-0.3, -0.25) is 0 Å². The third-order valence-electron chi connectivity index (χ3n) is 1.89. The van der Waals surface area contributed by atoms with Crippen molar-refractivity contribution in [3.63, 3.8) is 0 Å². The summed E-state index contributed by atoms with van der Waals surface area (Å²) in [5, 5.41) is 8.64. The van der Waals surface area contributed by atoms with E-state index in [0.717, 1.165) is 6.07 Å². The molecule has 0 unspecified atom stereocenters. The van der Waals surface area contributed by atoms with Crippen LogP contribution >= 0.6 is 0 Å². The van der Waals surface area contributed by atoms with Crippen LogP contribution in [0.4, 0.5) is 13.2 Å². The summed E-state index contributed by atoms with van der Waals surface area (Å²) >= 11 is 0. The molecule has 0 spiro atoms. The molecule has 0 saturated carbocycles. The van der Waals surface area contributed by atoms with Crippen molar-refractivity contribution in [1.29, 1.82) is 0 Å². The van der Waals surface area contributed by atoms with Gasteiger partial charge in [0.15, 0.2) is 0 Å². The second-order valence-corrected chi connectivity index (χ2v) is 3.07. The molecule has 90 valence electrons. The van der Waals surface area contributed by atoms with Crippen molar-refractivity contribution < 1.29 is 23.1 Å². The second kappa shape index (κ2) is 4.89. The highest BCUT2D eigenvalue weighted by Crippen LogP contribution is 2.32. The first-order valence-electron chi connectivity index (χ1n) is 4.49. The number of aromatic carboxylic acids is 1. The van der Waals surface area contributed by atoms with Crippen LogP contribution in [0.15, 0.2) is 18.2 Å². The van der Waals surface area contributed by atoms with Crippen LogP contribution in [0.2, 0.25) is 0 Å². The van der Waals surface area contributed by atoms with Crippen molar-refractivity contribution >= 4 is 5.97 Å². The number of carbonyl (C=O) groups is 1. The van der Waals surface area contributed by atoms with Gasteiger partial charge in [0.05, 0.1) is 17.7 Å². The Morgan fingerprint density at radius 1 is 1.41 bits per heavy atom.